The van der Waals surface area contributed by atoms with E-state index in [0.717, 1.165) is 29.4 Å². The molecular weight excluding hydrogens is 326 g/mol. The van der Waals surface area contributed by atoms with Crippen LogP contribution in [0.2, 0.25) is 0 Å². The summed E-state index contributed by atoms with van der Waals surface area (Å²) in [5.74, 6) is 2.65. The third kappa shape index (κ3) is 3.04. The molecule has 24 heavy (non-hydrogen) atoms. The van der Waals surface area contributed by atoms with E-state index in [1.165, 1.54) is 5.56 Å². The van der Waals surface area contributed by atoms with Gasteiger partial charge in [-0.25, -0.2) is 0 Å². The van der Waals surface area contributed by atoms with Crippen molar-refractivity contribution in [2.45, 2.75) is 17.3 Å². The van der Waals surface area contributed by atoms with Gasteiger partial charge in [-0.1, -0.05) is 24.3 Å². The largest absolute Gasteiger partial charge is 0.496 e. The number of benzene rings is 2. The van der Waals surface area contributed by atoms with Crippen LogP contribution < -0.4 is 19.5 Å². The number of halogens is 1. The number of hydrogen-bond donors (Lipinski definition) is 1. The number of methoxy groups -OCH3 is 3. The lowest BCUT2D eigenvalue weighted by molar-refractivity contribution is 0.354. The van der Waals surface area contributed by atoms with Crippen LogP contribution in [0.5, 0.6) is 17.2 Å². The second kappa shape index (κ2) is 7.32. The van der Waals surface area contributed by atoms with Crippen LogP contribution >= 0.6 is 11.6 Å². The van der Waals surface area contributed by atoms with Crippen molar-refractivity contribution >= 4 is 11.6 Å². The summed E-state index contributed by atoms with van der Waals surface area (Å²) in [4.78, 5) is 0. The van der Waals surface area contributed by atoms with Crippen molar-refractivity contribution in [1.29, 1.82) is 0 Å². The van der Waals surface area contributed by atoms with Gasteiger partial charge < -0.3 is 19.5 Å². The number of alkyl halides is 1. The van der Waals surface area contributed by atoms with Crippen molar-refractivity contribution in [2.75, 3.05) is 27.9 Å². The molecule has 128 valence electrons. The van der Waals surface area contributed by atoms with E-state index in [-0.39, 0.29) is 17.3 Å². The highest BCUT2D eigenvalue weighted by atomic mass is 35.5. The second-order valence-electron chi connectivity index (χ2n) is 5.80. The van der Waals surface area contributed by atoms with Crippen LogP contribution in [0.3, 0.4) is 0 Å². The quantitative estimate of drug-likeness (QED) is 0.660. The Morgan fingerprint density at radius 2 is 1.62 bits per heavy atom. The van der Waals surface area contributed by atoms with Gasteiger partial charge in [0.15, 0.2) is 11.5 Å². The molecule has 2 aromatic carbocycles. The molecule has 0 amide bonds. The zero-order valence-corrected chi connectivity index (χ0v) is 14.8. The van der Waals surface area contributed by atoms with E-state index in [4.69, 9.17) is 25.8 Å². The molecule has 0 aromatic heterocycles. The molecule has 4 nitrogen and oxygen atoms in total. The zero-order chi connectivity index (χ0) is 17.1. The Labute approximate surface area is 147 Å². The molecule has 1 fully saturated rings. The molecule has 1 aliphatic rings. The molecule has 0 radical (unpaired) electrons. The van der Waals surface area contributed by atoms with Crippen molar-refractivity contribution in [3.8, 4) is 17.2 Å². The van der Waals surface area contributed by atoms with E-state index in [9.17, 15) is 0 Å². The van der Waals surface area contributed by atoms with Crippen molar-refractivity contribution in [3.63, 3.8) is 0 Å². The lowest BCUT2D eigenvalue weighted by Gasteiger charge is -2.24. The molecule has 1 N–H and O–H groups in total. The standard InChI is InChI=1S/C19H22ClNO3/c1-22-15-7-5-4-6-13(15)18-14(11-21-19(18)20)12-8-9-16(23-2)17(10-12)24-3/h4-10,14,18-19,21H,11H2,1-3H3. The van der Waals surface area contributed by atoms with Crippen molar-refractivity contribution in [3.05, 3.63) is 53.6 Å². The van der Waals surface area contributed by atoms with Gasteiger partial charge in [0, 0.05) is 23.9 Å². The third-order valence-corrected chi connectivity index (χ3v) is 5.04. The minimum absolute atomic E-state index is 0.112. The fourth-order valence-corrected chi connectivity index (χ4v) is 3.82. The van der Waals surface area contributed by atoms with Gasteiger partial charge in [-0.15, -0.1) is 11.6 Å². The predicted octanol–water partition coefficient (Wildman–Crippen LogP) is 3.75. The molecule has 2 aromatic rings. The molecular formula is C19H22ClNO3. The number of para-hydroxylation sites is 1. The molecule has 3 rings (SSSR count). The lowest BCUT2D eigenvalue weighted by Crippen LogP contribution is -2.19. The summed E-state index contributed by atoms with van der Waals surface area (Å²) in [6, 6.07) is 14.1. The van der Waals surface area contributed by atoms with Crippen LogP contribution in [0, 0.1) is 0 Å². The van der Waals surface area contributed by atoms with Gasteiger partial charge in [-0.2, -0.15) is 0 Å². The summed E-state index contributed by atoms with van der Waals surface area (Å²) in [7, 11) is 4.98. The average molecular weight is 348 g/mol. The summed E-state index contributed by atoms with van der Waals surface area (Å²) in [6.07, 6.45) is 0. The summed E-state index contributed by atoms with van der Waals surface area (Å²) in [5.41, 5.74) is 2.13. The highest BCUT2D eigenvalue weighted by Crippen LogP contribution is 2.45. The Morgan fingerprint density at radius 1 is 0.917 bits per heavy atom. The van der Waals surface area contributed by atoms with E-state index >= 15 is 0 Å². The van der Waals surface area contributed by atoms with Crippen LogP contribution in [0.4, 0.5) is 0 Å². The zero-order valence-electron chi connectivity index (χ0n) is 14.1. The SMILES string of the molecule is COc1ccc(C2CNC(Cl)C2c2ccccc2OC)cc1OC. The molecule has 0 bridgehead atoms. The molecule has 0 spiro atoms. The molecule has 5 heteroatoms. The van der Waals surface area contributed by atoms with Gasteiger partial charge in [-0.05, 0) is 23.8 Å². The van der Waals surface area contributed by atoms with E-state index in [1.807, 2.05) is 30.3 Å². The first kappa shape index (κ1) is 16.9. The highest BCUT2D eigenvalue weighted by molar-refractivity contribution is 6.21. The number of rotatable bonds is 5. The van der Waals surface area contributed by atoms with E-state index in [2.05, 4.69) is 17.4 Å². The van der Waals surface area contributed by atoms with Crippen molar-refractivity contribution < 1.29 is 14.2 Å². The first-order valence-corrected chi connectivity index (χ1v) is 8.35. The Hall–Kier alpha value is -1.91. The Balaban J connectivity index is 2.01. The fraction of sp³-hybridized carbons (Fsp3) is 0.368. The summed E-state index contributed by atoms with van der Waals surface area (Å²) in [5, 5.41) is 3.37. The normalized spacial score (nSPS) is 23.1. The molecule has 3 atom stereocenters. The van der Waals surface area contributed by atoms with Gasteiger partial charge in [0.1, 0.15) is 5.75 Å². The maximum Gasteiger partial charge on any atom is 0.160 e. The van der Waals surface area contributed by atoms with Crippen molar-refractivity contribution in [1.82, 2.24) is 5.32 Å². The Bertz CT molecular complexity index is 707. The monoisotopic (exact) mass is 347 g/mol. The van der Waals surface area contributed by atoms with Gasteiger partial charge in [0.05, 0.1) is 26.8 Å². The summed E-state index contributed by atoms with van der Waals surface area (Å²) >= 11 is 6.60. The summed E-state index contributed by atoms with van der Waals surface area (Å²) in [6.45, 7) is 0.798. The first-order chi connectivity index (χ1) is 11.7. The van der Waals surface area contributed by atoms with Gasteiger partial charge >= 0.3 is 0 Å². The van der Waals surface area contributed by atoms with E-state index in [0.29, 0.717) is 0 Å². The van der Waals surface area contributed by atoms with Gasteiger partial charge in [0.2, 0.25) is 0 Å². The third-order valence-electron chi connectivity index (χ3n) is 4.62. The van der Waals surface area contributed by atoms with E-state index < -0.39 is 0 Å². The molecule has 1 saturated heterocycles. The second-order valence-corrected chi connectivity index (χ2v) is 6.27. The number of ether oxygens (including phenoxy) is 3. The van der Waals surface area contributed by atoms with Gasteiger partial charge in [-0.3, -0.25) is 0 Å². The van der Waals surface area contributed by atoms with Crippen molar-refractivity contribution in [2.24, 2.45) is 0 Å². The predicted molar refractivity (Wildman–Crippen MR) is 95.7 cm³/mol. The first-order valence-electron chi connectivity index (χ1n) is 7.92. The Morgan fingerprint density at radius 3 is 2.33 bits per heavy atom. The molecule has 1 heterocycles. The molecule has 0 saturated carbocycles. The maximum absolute atomic E-state index is 6.60. The lowest BCUT2D eigenvalue weighted by atomic mass is 9.83. The smallest absolute Gasteiger partial charge is 0.160 e. The van der Waals surface area contributed by atoms with Gasteiger partial charge in [0.25, 0.3) is 0 Å². The topological polar surface area (TPSA) is 39.7 Å². The maximum atomic E-state index is 6.60. The number of nitrogens with one attached hydrogen (secondary N) is 1. The van der Waals surface area contributed by atoms with Crippen LogP contribution in [0.25, 0.3) is 0 Å². The fourth-order valence-electron chi connectivity index (χ4n) is 3.42. The minimum Gasteiger partial charge on any atom is -0.496 e. The van der Waals surface area contributed by atoms with Crippen LogP contribution in [-0.2, 0) is 0 Å². The molecule has 1 aliphatic heterocycles. The van der Waals surface area contributed by atoms with Crippen LogP contribution in [0.1, 0.15) is 23.0 Å². The summed E-state index contributed by atoms with van der Waals surface area (Å²) < 4.78 is 16.3. The average Bonchev–Trinajstić information content (AvgIpc) is 3.02. The molecule has 0 aliphatic carbocycles. The number of hydrogen-bond acceptors (Lipinski definition) is 4. The highest BCUT2D eigenvalue weighted by Gasteiger charge is 2.38. The minimum atomic E-state index is -0.153. The van der Waals surface area contributed by atoms with E-state index in [1.54, 1.807) is 21.3 Å². The molecule has 3 unspecified atom stereocenters. The Kier molecular flexibility index (Phi) is 5.17. The van der Waals surface area contributed by atoms with Crippen LogP contribution in [0.15, 0.2) is 42.5 Å². The van der Waals surface area contributed by atoms with Crippen LogP contribution in [-0.4, -0.2) is 33.4 Å².